The highest BCUT2D eigenvalue weighted by Crippen LogP contribution is 2.42. The van der Waals surface area contributed by atoms with Crippen molar-refractivity contribution in [3.05, 3.63) is 248 Å². The van der Waals surface area contributed by atoms with Gasteiger partial charge in [-0.15, -0.1) is 23.5 Å². The van der Waals surface area contributed by atoms with Crippen molar-refractivity contribution in [1.29, 1.82) is 5.26 Å². The number of hydrogen-bond acceptors (Lipinski definition) is 9. The van der Waals surface area contributed by atoms with Crippen LogP contribution in [0.3, 0.4) is 0 Å². The number of para-hydroxylation sites is 2. The molecule has 8 aromatic carbocycles. The van der Waals surface area contributed by atoms with Crippen LogP contribution in [0.1, 0.15) is 209 Å². The lowest BCUT2D eigenvalue weighted by Crippen LogP contribution is -2.33. The topological polar surface area (TPSA) is 79.2 Å². The van der Waals surface area contributed by atoms with Crippen molar-refractivity contribution in [2.24, 2.45) is 0 Å². The minimum Gasteiger partial charge on any atom is -0.493 e. The van der Waals surface area contributed by atoms with E-state index in [2.05, 4.69) is 179 Å². The molecule has 0 aromatic heterocycles. The molecule has 8 aromatic rings. The second kappa shape index (κ2) is 33.9. The lowest BCUT2D eigenvalue weighted by molar-refractivity contribution is 0.0746. The normalized spacial score (nSPS) is 22.2. The fourth-order valence-electron chi connectivity index (χ4n) is 12.9. The molecule has 0 amide bonds. The zero-order valence-corrected chi connectivity index (χ0v) is 58.1. The van der Waals surface area contributed by atoms with E-state index in [1.54, 1.807) is 24.3 Å². The molecule has 8 unspecified atom stereocenters. The molecule has 0 aliphatic carbocycles. The standard InChI is InChI=1S/C12H16O.C11H11NO.C11H14O.C10H11FO.C10H11FS.C10H12O.C9H10O.C9H10S/c1-9-8-12(2,3)13-11-7-5-4-6-10(9)11;1-8-4-5-13-11-3-2-9(7-12)6-10(8)11;1-8-3-4-11-10(7-8)9(2)5-6-12-11;1-7-5-12-6-9-8(7)3-2-4-10(9)11;1-7-4-5-12-10-3-2-8(11)6-9(7)10;1-8-6-11-7-9-4-2-3-5-10(8)9;2*1-7-6-10-9-5-3-2-4-8(7)9/h4-7,9H,8H2,1-3H3;2-3,6,8H,4-5H2,1H3;3-4,7,9H,5-6H2,1-2H3;2-4,7H,5-6H2,1H3;2-3,6-7H,4-5H2,1H3;2-5,8H,6-7H2,1H3;2*2-5,7H,6H2,1H3. The number of halogens is 2. The van der Waals surface area contributed by atoms with Gasteiger partial charge in [0.15, 0.2) is 0 Å². The number of fused-ring (bicyclic) bond motifs is 8. The summed E-state index contributed by atoms with van der Waals surface area (Å²) in [5, 5.41) is 8.73. The van der Waals surface area contributed by atoms with Gasteiger partial charge in [-0.2, -0.15) is 5.26 Å². The Bertz CT molecular complexity index is 3650. The van der Waals surface area contributed by atoms with E-state index in [0.29, 0.717) is 54.6 Å². The highest BCUT2D eigenvalue weighted by Gasteiger charge is 2.31. The van der Waals surface area contributed by atoms with E-state index < -0.39 is 0 Å². The van der Waals surface area contributed by atoms with Crippen LogP contribution in [0.25, 0.3) is 0 Å². The van der Waals surface area contributed by atoms with E-state index >= 15 is 0 Å². The first-order valence-electron chi connectivity index (χ1n) is 33.4. The molecule has 0 saturated carbocycles. The Morgan fingerprint density at radius 1 is 0.452 bits per heavy atom. The predicted octanol–water partition coefficient (Wildman–Crippen LogP) is 22.0. The van der Waals surface area contributed by atoms with E-state index in [4.69, 9.17) is 33.7 Å². The number of aryl methyl sites for hydroxylation is 1. The summed E-state index contributed by atoms with van der Waals surface area (Å²) in [4.78, 5) is 2.74. The molecule has 8 atom stereocenters. The van der Waals surface area contributed by atoms with Gasteiger partial charge in [-0.25, -0.2) is 8.78 Å². The van der Waals surface area contributed by atoms with Crippen LogP contribution >= 0.6 is 23.5 Å². The Hall–Kier alpha value is -7.07. The maximum Gasteiger partial charge on any atom is 0.129 e. The Morgan fingerprint density at radius 2 is 1.01 bits per heavy atom. The number of nitrogens with zero attached hydrogens (tertiary/aromatic N) is 1. The summed E-state index contributed by atoms with van der Waals surface area (Å²) in [6.07, 6.45) is 4.46. The highest BCUT2D eigenvalue weighted by atomic mass is 32.2. The molecular formula is C82H95F2NO6S2. The third-order valence-corrected chi connectivity index (χ3v) is 20.8. The SMILES string of the molecule is CC1CC(C)(C)Oc2ccccc21.CC1CCOc2ccc(C#N)cc21.CC1CCSc2ccc(F)cc21.CC1COCc2c(F)cccc21.CC1COCc2ccccc21.CC1COc2ccccc21.CC1CSc2ccccc21.Cc1ccc2c(c1)C(C)CCO2. The van der Waals surface area contributed by atoms with Crippen LogP contribution in [0.15, 0.2) is 180 Å². The zero-order chi connectivity index (χ0) is 66.0. The quantitative estimate of drug-likeness (QED) is 0.147. The van der Waals surface area contributed by atoms with E-state index in [0.717, 1.165) is 97.9 Å². The Balaban J connectivity index is 0.000000126. The van der Waals surface area contributed by atoms with Gasteiger partial charge in [-0.1, -0.05) is 164 Å². The van der Waals surface area contributed by atoms with Crippen molar-refractivity contribution in [3.63, 3.8) is 0 Å². The Labute approximate surface area is 562 Å². The first-order valence-corrected chi connectivity index (χ1v) is 35.4. The van der Waals surface area contributed by atoms with E-state index in [1.807, 2.05) is 66.0 Å². The number of hydrogen-bond donors (Lipinski definition) is 0. The van der Waals surface area contributed by atoms with Crippen LogP contribution in [-0.2, 0) is 22.7 Å². The lowest BCUT2D eigenvalue weighted by atomic mass is 9.86. The van der Waals surface area contributed by atoms with Crippen molar-refractivity contribution in [1.82, 2.24) is 0 Å². The molecule has 0 saturated heterocycles. The molecule has 8 aliphatic heterocycles. The summed E-state index contributed by atoms with van der Waals surface area (Å²) >= 11 is 3.81. The summed E-state index contributed by atoms with van der Waals surface area (Å²) in [7, 11) is 0. The van der Waals surface area contributed by atoms with Gasteiger partial charge in [-0.3, -0.25) is 0 Å². The molecule has 7 nitrogen and oxygen atoms in total. The average molecular weight is 1290 g/mol. The fraction of sp³-hybridized carbons (Fsp3) is 0.402. The molecule has 16 rings (SSSR count). The lowest BCUT2D eigenvalue weighted by Gasteiger charge is -2.36. The van der Waals surface area contributed by atoms with Gasteiger partial charge in [0.05, 0.1) is 57.9 Å². The van der Waals surface area contributed by atoms with Crippen LogP contribution < -0.4 is 18.9 Å². The Morgan fingerprint density at radius 3 is 1.69 bits per heavy atom. The van der Waals surface area contributed by atoms with Crippen molar-refractivity contribution >= 4 is 23.5 Å². The molecule has 0 radical (unpaired) electrons. The van der Waals surface area contributed by atoms with Gasteiger partial charge in [0, 0.05) is 44.4 Å². The second-order valence-electron chi connectivity index (χ2n) is 26.5. The molecule has 0 N–H and O–H groups in total. The number of nitriles is 1. The van der Waals surface area contributed by atoms with Crippen LogP contribution in [0.2, 0.25) is 0 Å². The molecule has 93 heavy (non-hydrogen) atoms. The highest BCUT2D eigenvalue weighted by molar-refractivity contribution is 7.99. The van der Waals surface area contributed by atoms with Crippen molar-refractivity contribution in [2.75, 3.05) is 44.5 Å². The molecule has 11 heteroatoms. The number of rotatable bonds is 0. The van der Waals surface area contributed by atoms with Crippen LogP contribution in [0.5, 0.6) is 23.0 Å². The van der Waals surface area contributed by atoms with Gasteiger partial charge in [0.2, 0.25) is 0 Å². The van der Waals surface area contributed by atoms with Crippen molar-refractivity contribution in [2.45, 2.75) is 178 Å². The molecule has 0 fully saturated rings. The summed E-state index contributed by atoms with van der Waals surface area (Å²) in [6.45, 7) is 29.3. The van der Waals surface area contributed by atoms with Crippen molar-refractivity contribution < 1.29 is 37.2 Å². The van der Waals surface area contributed by atoms with E-state index in [9.17, 15) is 8.78 Å². The molecule has 8 heterocycles. The first-order chi connectivity index (χ1) is 44.9. The number of benzene rings is 8. The van der Waals surface area contributed by atoms with Gasteiger partial charge in [-0.05, 0) is 193 Å². The minimum atomic E-state index is -0.140. The monoisotopic (exact) mass is 1290 g/mol. The maximum absolute atomic E-state index is 13.2. The van der Waals surface area contributed by atoms with Crippen LogP contribution in [-0.4, -0.2) is 50.1 Å². The summed E-state index contributed by atoms with van der Waals surface area (Å²) in [6, 6.07) is 58.3. The third kappa shape index (κ3) is 19.3. The molecular weight excluding hydrogens is 1200 g/mol. The zero-order valence-electron chi connectivity index (χ0n) is 56.4. The van der Waals surface area contributed by atoms with Gasteiger partial charge >= 0.3 is 0 Å². The van der Waals surface area contributed by atoms with Gasteiger partial charge in [0.25, 0.3) is 0 Å². The Kier molecular flexibility index (Phi) is 25.6. The number of ether oxygens (including phenoxy) is 6. The largest absolute Gasteiger partial charge is 0.493 e. The van der Waals surface area contributed by atoms with E-state index in [1.165, 1.54) is 83.9 Å². The van der Waals surface area contributed by atoms with E-state index in [-0.39, 0.29) is 17.2 Å². The second-order valence-corrected chi connectivity index (χ2v) is 28.7. The van der Waals surface area contributed by atoms with Gasteiger partial charge in [0.1, 0.15) is 40.2 Å². The van der Waals surface area contributed by atoms with Crippen molar-refractivity contribution in [3.8, 4) is 29.1 Å². The summed E-state index contributed by atoms with van der Waals surface area (Å²) in [5.41, 5.74) is 14.6. The number of thioether (sulfide) groups is 2. The predicted molar refractivity (Wildman–Crippen MR) is 379 cm³/mol. The third-order valence-electron chi connectivity index (χ3n) is 18.3. The first kappa shape index (κ1) is 70.3. The smallest absolute Gasteiger partial charge is 0.129 e. The van der Waals surface area contributed by atoms with Crippen LogP contribution in [0.4, 0.5) is 8.78 Å². The molecule has 8 aliphatic rings. The average Bonchev–Trinajstić information content (AvgIpc) is 2.56. The fourth-order valence-corrected chi connectivity index (χ4v) is 15.4. The van der Waals surface area contributed by atoms with Gasteiger partial charge < -0.3 is 28.4 Å². The molecule has 0 bridgehead atoms. The summed E-state index contributed by atoms with van der Waals surface area (Å²) in [5.74, 6) is 10.9. The summed E-state index contributed by atoms with van der Waals surface area (Å²) < 4.78 is 59.0. The maximum atomic E-state index is 13.2. The minimum absolute atomic E-state index is 0.00618. The molecule has 0 spiro atoms. The molecule has 490 valence electrons. The van der Waals surface area contributed by atoms with Crippen LogP contribution in [0, 0.1) is 29.9 Å².